The molecule has 0 saturated carbocycles. The van der Waals surface area contributed by atoms with Crippen molar-refractivity contribution >= 4 is 23.2 Å². The van der Waals surface area contributed by atoms with Crippen molar-refractivity contribution in [2.75, 3.05) is 0 Å². The number of rotatable bonds is 2. The van der Waals surface area contributed by atoms with Crippen LogP contribution >= 0.6 is 0 Å². The average Bonchev–Trinajstić information content (AvgIpc) is 2.82. The largest absolute Gasteiger partial charge is 0.323 e. The standard InChI is InChI=1S/C19H15N/c1-3-16-7-6-8-17(13-16)11-12-20-14-15(2)18-9-4-5-10-19(18)20/h1,4-14H,2H3/b12-11-. The summed E-state index contributed by atoms with van der Waals surface area (Å²) >= 11 is 0. The van der Waals surface area contributed by atoms with Crippen molar-refractivity contribution in [2.45, 2.75) is 6.92 Å². The lowest BCUT2D eigenvalue weighted by atomic mass is 10.1. The minimum atomic E-state index is 0.903. The molecule has 2 aromatic carbocycles. The van der Waals surface area contributed by atoms with Crippen LogP contribution in [0.5, 0.6) is 0 Å². The molecule has 0 N–H and O–H groups in total. The van der Waals surface area contributed by atoms with Gasteiger partial charge >= 0.3 is 0 Å². The minimum Gasteiger partial charge on any atom is -0.323 e. The minimum absolute atomic E-state index is 0.903. The van der Waals surface area contributed by atoms with Gasteiger partial charge in [0.1, 0.15) is 0 Å². The molecule has 3 aromatic rings. The number of hydrogen-bond donors (Lipinski definition) is 0. The summed E-state index contributed by atoms with van der Waals surface area (Å²) < 4.78 is 2.15. The van der Waals surface area contributed by atoms with Crippen LogP contribution < -0.4 is 0 Å². The molecule has 96 valence electrons. The molecular weight excluding hydrogens is 242 g/mol. The Morgan fingerprint density at radius 2 is 1.95 bits per heavy atom. The van der Waals surface area contributed by atoms with E-state index in [0.717, 1.165) is 11.1 Å². The lowest BCUT2D eigenvalue weighted by Crippen LogP contribution is -1.83. The molecule has 0 unspecified atom stereocenters. The molecule has 1 heterocycles. The zero-order chi connectivity index (χ0) is 13.9. The molecule has 0 saturated heterocycles. The number of fused-ring (bicyclic) bond motifs is 1. The van der Waals surface area contributed by atoms with E-state index in [9.17, 15) is 0 Å². The molecule has 0 radical (unpaired) electrons. The highest BCUT2D eigenvalue weighted by Crippen LogP contribution is 2.21. The molecule has 0 spiro atoms. The number of aryl methyl sites for hydroxylation is 1. The van der Waals surface area contributed by atoms with Gasteiger partial charge < -0.3 is 4.57 Å². The number of para-hydroxylation sites is 1. The van der Waals surface area contributed by atoms with Gasteiger partial charge in [-0.1, -0.05) is 36.3 Å². The maximum absolute atomic E-state index is 5.42. The van der Waals surface area contributed by atoms with Gasteiger partial charge in [-0.25, -0.2) is 0 Å². The molecule has 0 bridgehead atoms. The Balaban J connectivity index is 2.01. The van der Waals surface area contributed by atoms with Crippen molar-refractivity contribution in [1.29, 1.82) is 0 Å². The third-order valence-electron chi connectivity index (χ3n) is 3.42. The summed E-state index contributed by atoms with van der Waals surface area (Å²) in [6, 6.07) is 16.4. The van der Waals surface area contributed by atoms with Crippen molar-refractivity contribution < 1.29 is 0 Å². The number of hydrogen-bond acceptors (Lipinski definition) is 0. The highest BCUT2D eigenvalue weighted by Gasteiger charge is 2.01. The fourth-order valence-corrected chi connectivity index (χ4v) is 2.40. The van der Waals surface area contributed by atoms with Gasteiger partial charge in [0.15, 0.2) is 0 Å². The maximum Gasteiger partial charge on any atom is 0.0525 e. The van der Waals surface area contributed by atoms with Crippen LogP contribution in [-0.4, -0.2) is 4.57 Å². The Hall–Kier alpha value is -2.72. The van der Waals surface area contributed by atoms with Crippen molar-refractivity contribution in [3.63, 3.8) is 0 Å². The summed E-state index contributed by atoms with van der Waals surface area (Å²) in [5, 5.41) is 1.29. The zero-order valence-electron chi connectivity index (χ0n) is 11.4. The van der Waals surface area contributed by atoms with Gasteiger partial charge in [-0.3, -0.25) is 0 Å². The van der Waals surface area contributed by atoms with Gasteiger partial charge in [-0.05, 0) is 42.3 Å². The molecule has 0 fully saturated rings. The van der Waals surface area contributed by atoms with E-state index in [-0.39, 0.29) is 0 Å². The van der Waals surface area contributed by atoms with Crippen molar-refractivity contribution in [3.8, 4) is 12.3 Å². The second-order valence-corrected chi connectivity index (χ2v) is 4.82. The normalized spacial score (nSPS) is 11.0. The fourth-order valence-electron chi connectivity index (χ4n) is 2.40. The molecule has 1 aromatic heterocycles. The van der Waals surface area contributed by atoms with Crippen LogP contribution in [0.15, 0.2) is 54.7 Å². The van der Waals surface area contributed by atoms with E-state index in [1.54, 1.807) is 0 Å². The number of aromatic nitrogens is 1. The Morgan fingerprint density at radius 1 is 1.10 bits per heavy atom. The van der Waals surface area contributed by atoms with Crippen LogP contribution in [0.25, 0.3) is 23.2 Å². The molecule has 20 heavy (non-hydrogen) atoms. The molecule has 0 aliphatic carbocycles. The summed E-state index contributed by atoms with van der Waals surface area (Å²) in [4.78, 5) is 0. The van der Waals surface area contributed by atoms with E-state index < -0.39 is 0 Å². The van der Waals surface area contributed by atoms with E-state index in [1.807, 2.05) is 18.2 Å². The van der Waals surface area contributed by atoms with E-state index in [1.165, 1.54) is 16.5 Å². The van der Waals surface area contributed by atoms with E-state index in [2.05, 4.69) is 66.2 Å². The fraction of sp³-hybridized carbons (Fsp3) is 0.0526. The van der Waals surface area contributed by atoms with Gasteiger partial charge in [0, 0.05) is 23.3 Å². The predicted octanol–water partition coefficient (Wildman–Crippen LogP) is 4.56. The number of terminal acetylenes is 1. The summed E-state index contributed by atoms with van der Waals surface area (Å²) in [5.41, 5.74) is 4.51. The summed E-state index contributed by atoms with van der Waals surface area (Å²) in [7, 11) is 0. The summed E-state index contributed by atoms with van der Waals surface area (Å²) in [5.74, 6) is 2.66. The molecular formula is C19H15N. The molecule has 0 aliphatic heterocycles. The average molecular weight is 257 g/mol. The van der Waals surface area contributed by atoms with E-state index in [0.29, 0.717) is 0 Å². The third-order valence-corrected chi connectivity index (χ3v) is 3.42. The first kappa shape index (κ1) is 12.3. The van der Waals surface area contributed by atoms with Gasteiger partial charge in [0.25, 0.3) is 0 Å². The summed E-state index contributed by atoms with van der Waals surface area (Å²) in [6.45, 7) is 2.13. The Kier molecular flexibility index (Phi) is 3.15. The van der Waals surface area contributed by atoms with Crippen LogP contribution in [0.3, 0.4) is 0 Å². The monoisotopic (exact) mass is 257 g/mol. The van der Waals surface area contributed by atoms with Gasteiger partial charge in [0.05, 0.1) is 5.52 Å². The lowest BCUT2D eigenvalue weighted by molar-refractivity contribution is 1.22. The van der Waals surface area contributed by atoms with Gasteiger partial charge in [-0.15, -0.1) is 6.42 Å². The first-order chi connectivity index (χ1) is 9.78. The molecule has 3 rings (SSSR count). The SMILES string of the molecule is C#Cc1cccc(/C=C\n2cc(C)c3ccccc32)c1. The number of benzene rings is 2. The molecule has 1 nitrogen and oxygen atoms in total. The van der Waals surface area contributed by atoms with Crippen LogP contribution in [0.4, 0.5) is 0 Å². The highest BCUT2D eigenvalue weighted by molar-refractivity contribution is 5.86. The van der Waals surface area contributed by atoms with Crippen LogP contribution in [0, 0.1) is 19.3 Å². The van der Waals surface area contributed by atoms with E-state index in [4.69, 9.17) is 6.42 Å². The number of nitrogens with zero attached hydrogens (tertiary/aromatic N) is 1. The Labute approximate surface area is 119 Å². The first-order valence-electron chi connectivity index (χ1n) is 6.59. The topological polar surface area (TPSA) is 4.93 Å². The van der Waals surface area contributed by atoms with Crippen LogP contribution in [-0.2, 0) is 0 Å². The van der Waals surface area contributed by atoms with Crippen molar-refractivity contribution in [2.24, 2.45) is 0 Å². The zero-order valence-corrected chi connectivity index (χ0v) is 11.4. The third kappa shape index (κ3) is 2.24. The Bertz CT molecular complexity index is 828. The van der Waals surface area contributed by atoms with E-state index >= 15 is 0 Å². The summed E-state index contributed by atoms with van der Waals surface area (Å²) in [6.07, 6.45) is 11.7. The second-order valence-electron chi connectivity index (χ2n) is 4.82. The lowest BCUT2D eigenvalue weighted by Gasteiger charge is -1.98. The van der Waals surface area contributed by atoms with Crippen LogP contribution in [0.2, 0.25) is 0 Å². The van der Waals surface area contributed by atoms with Crippen LogP contribution in [0.1, 0.15) is 16.7 Å². The highest BCUT2D eigenvalue weighted by atomic mass is 14.9. The Morgan fingerprint density at radius 3 is 2.80 bits per heavy atom. The molecule has 0 atom stereocenters. The van der Waals surface area contributed by atoms with Gasteiger partial charge in [-0.2, -0.15) is 0 Å². The smallest absolute Gasteiger partial charge is 0.0525 e. The van der Waals surface area contributed by atoms with Crippen molar-refractivity contribution in [3.05, 3.63) is 71.4 Å². The molecule has 1 heteroatoms. The quantitative estimate of drug-likeness (QED) is 0.593. The van der Waals surface area contributed by atoms with Gasteiger partial charge in [0.2, 0.25) is 0 Å². The molecule has 0 aliphatic rings. The second kappa shape index (κ2) is 5.11. The maximum atomic E-state index is 5.42. The first-order valence-corrected chi connectivity index (χ1v) is 6.59. The molecule has 0 amide bonds. The predicted molar refractivity (Wildman–Crippen MR) is 86.3 cm³/mol. The van der Waals surface area contributed by atoms with Crippen molar-refractivity contribution in [1.82, 2.24) is 4.57 Å².